The molecule has 3 N–H and O–H groups in total. The Morgan fingerprint density at radius 2 is 2.20 bits per heavy atom. The van der Waals surface area contributed by atoms with E-state index in [0.29, 0.717) is 25.1 Å². The second-order valence-corrected chi connectivity index (χ2v) is 6.04. The van der Waals surface area contributed by atoms with E-state index in [1.54, 1.807) is 13.2 Å². The highest BCUT2D eigenvalue weighted by molar-refractivity contribution is 7.89. The molecular weight excluding hydrogens is 300 g/mol. The van der Waals surface area contributed by atoms with E-state index in [4.69, 9.17) is 22.1 Å². The van der Waals surface area contributed by atoms with Gasteiger partial charge >= 0.3 is 0 Å². The molecule has 0 fully saturated rings. The van der Waals surface area contributed by atoms with Crippen molar-refractivity contribution < 1.29 is 13.2 Å². The van der Waals surface area contributed by atoms with Crippen LogP contribution in [0.25, 0.3) is 0 Å². The summed E-state index contributed by atoms with van der Waals surface area (Å²) in [5.41, 5.74) is 5.89. The number of sulfonamides is 1. The predicted octanol–water partition coefficient (Wildman–Crippen LogP) is 0.965. The molecule has 0 heterocycles. The summed E-state index contributed by atoms with van der Waals surface area (Å²) in [5.74, 6) is 5.47. The van der Waals surface area contributed by atoms with Crippen LogP contribution in [0.1, 0.15) is 12.0 Å². The molecule has 5 nitrogen and oxygen atoms in total. The molecule has 0 aliphatic carbocycles. The molecule has 1 rings (SSSR count). The molecule has 0 bridgehead atoms. The summed E-state index contributed by atoms with van der Waals surface area (Å²) in [6.07, 6.45) is 0.591. The number of benzene rings is 1. The van der Waals surface area contributed by atoms with Crippen molar-refractivity contribution in [2.75, 3.05) is 26.8 Å². The predicted molar refractivity (Wildman–Crippen MR) is 79.1 cm³/mol. The molecule has 1 aromatic carbocycles. The highest BCUT2D eigenvalue weighted by Crippen LogP contribution is 2.22. The standard InChI is InChI=1S/C13H17ClN2O3S/c1-19-9-3-8-16-20(17,18)13-6-5-11(4-2-7-15)10-12(13)14/h5-6,10,16H,3,7-9,15H2,1H3. The zero-order valence-corrected chi connectivity index (χ0v) is 12.7. The summed E-state index contributed by atoms with van der Waals surface area (Å²) in [7, 11) is -2.06. The lowest BCUT2D eigenvalue weighted by atomic mass is 10.2. The van der Waals surface area contributed by atoms with Gasteiger partial charge in [0.2, 0.25) is 10.0 Å². The topological polar surface area (TPSA) is 81.4 Å². The Kier molecular flexibility index (Phi) is 6.99. The number of halogens is 1. The highest BCUT2D eigenvalue weighted by atomic mass is 35.5. The van der Waals surface area contributed by atoms with Gasteiger partial charge in [0.15, 0.2) is 0 Å². The van der Waals surface area contributed by atoms with Crippen LogP contribution in [0.5, 0.6) is 0 Å². The van der Waals surface area contributed by atoms with Gasteiger partial charge in [-0.15, -0.1) is 0 Å². The van der Waals surface area contributed by atoms with Gasteiger partial charge in [-0.25, -0.2) is 13.1 Å². The zero-order valence-electron chi connectivity index (χ0n) is 11.1. The van der Waals surface area contributed by atoms with Crippen molar-refractivity contribution in [3.8, 4) is 11.8 Å². The number of nitrogens with two attached hydrogens (primary N) is 1. The maximum atomic E-state index is 12.0. The first-order valence-electron chi connectivity index (χ1n) is 5.98. The number of hydrogen-bond acceptors (Lipinski definition) is 4. The van der Waals surface area contributed by atoms with Crippen LogP contribution in [-0.2, 0) is 14.8 Å². The fraction of sp³-hybridized carbons (Fsp3) is 0.385. The maximum Gasteiger partial charge on any atom is 0.242 e. The Bertz CT molecular complexity index is 606. The Morgan fingerprint density at radius 3 is 2.80 bits per heavy atom. The number of rotatable bonds is 6. The third-order valence-corrected chi connectivity index (χ3v) is 4.32. The quantitative estimate of drug-likeness (QED) is 0.605. The van der Waals surface area contributed by atoms with Crippen LogP contribution in [0, 0.1) is 11.8 Å². The fourth-order valence-corrected chi connectivity index (χ4v) is 3.07. The van der Waals surface area contributed by atoms with E-state index >= 15 is 0 Å². The zero-order chi connectivity index (χ0) is 15.0. The van der Waals surface area contributed by atoms with Crippen molar-refractivity contribution in [2.45, 2.75) is 11.3 Å². The first-order chi connectivity index (χ1) is 9.51. The van der Waals surface area contributed by atoms with Crippen molar-refractivity contribution in [2.24, 2.45) is 5.73 Å². The SMILES string of the molecule is COCCCNS(=O)(=O)c1ccc(C#CCN)cc1Cl. The summed E-state index contributed by atoms with van der Waals surface area (Å²) in [5, 5.41) is 0.132. The summed E-state index contributed by atoms with van der Waals surface area (Å²) >= 11 is 5.99. The normalized spacial score (nSPS) is 10.9. The molecule has 0 saturated heterocycles. The van der Waals surface area contributed by atoms with Crippen molar-refractivity contribution in [3.63, 3.8) is 0 Å². The monoisotopic (exact) mass is 316 g/mol. The van der Waals surface area contributed by atoms with Gasteiger partial charge in [0.1, 0.15) is 4.90 Å². The van der Waals surface area contributed by atoms with Crippen molar-refractivity contribution >= 4 is 21.6 Å². The van der Waals surface area contributed by atoms with Gasteiger partial charge in [-0.05, 0) is 24.6 Å². The molecule has 0 radical (unpaired) electrons. The lowest BCUT2D eigenvalue weighted by molar-refractivity contribution is 0.196. The van der Waals surface area contributed by atoms with Crippen LogP contribution in [0.15, 0.2) is 23.1 Å². The number of ether oxygens (including phenoxy) is 1. The summed E-state index contributed by atoms with van der Waals surface area (Å²) < 4.78 is 31.4. The largest absolute Gasteiger partial charge is 0.385 e. The highest BCUT2D eigenvalue weighted by Gasteiger charge is 2.17. The lowest BCUT2D eigenvalue weighted by Gasteiger charge is -2.08. The second kappa shape index (κ2) is 8.25. The van der Waals surface area contributed by atoms with E-state index in [9.17, 15) is 8.42 Å². The van der Waals surface area contributed by atoms with Crippen LogP contribution in [0.2, 0.25) is 5.02 Å². The fourth-order valence-electron chi connectivity index (χ4n) is 1.45. The molecule has 0 aromatic heterocycles. The molecule has 1 aromatic rings. The average Bonchev–Trinajstić information content (AvgIpc) is 2.41. The van der Waals surface area contributed by atoms with Crippen molar-refractivity contribution in [1.29, 1.82) is 0 Å². The molecule has 0 atom stereocenters. The second-order valence-electron chi connectivity index (χ2n) is 3.90. The lowest BCUT2D eigenvalue weighted by Crippen LogP contribution is -2.25. The summed E-state index contributed by atoms with van der Waals surface area (Å²) in [6.45, 7) is 1.02. The molecule has 0 aliphatic rings. The minimum Gasteiger partial charge on any atom is -0.385 e. The van der Waals surface area contributed by atoms with E-state index in [-0.39, 0.29) is 16.5 Å². The number of hydrogen-bond donors (Lipinski definition) is 2. The van der Waals surface area contributed by atoms with Crippen LogP contribution >= 0.6 is 11.6 Å². The molecule has 0 unspecified atom stereocenters. The molecule has 0 saturated carbocycles. The molecule has 0 amide bonds. The third-order valence-electron chi connectivity index (χ3n) is 2.37. The van der Waals surface area contributed by atoms with Crippen LogP contribution in [0.3, 0.4) is 0 Å². The molecule has 7 heteroatoms. The molecule has 0 aliphatic heterocycles. The van der Waals surface area contributed by atoms with Crippen LogP contribution in [0.4, 0.5) is 0 Å². The van der Waals surface area contributed by atoms with Crippen molar-refractivity contribution in [1.82, 2.24) is 4.72 Å². The van der Waals surface area contributed by atoms with E-state index in [0.717, 1.165) is 0 Å². The van der Waals surface area contributed by atoms with Crippen LogP contribution in [-0.4, -0.2) is 35.2 Å². The summed E-state index contributed by atoms with van der Waals surface area (Å²) in [6, 6.07) is 4.54. The van der Waals surface area contributed by atoms with E-state index in [1.807, 2.05) is 0 Å². The average molecular weight is 317 g/mol. The van der Waals surface area contributed by atoms with Gasteiger partial charge < -0.3 is 10.5 Å². The van der Waals surface area contributed by atoms with Gasteiger partial charge in [0.25, 0.3) is 0 Å². The Hall–Kier alpha value is -1.10. The maximum absolute atomic E-state index is 12.0. The van der Waals surface area contributed by atoms with E-state index < -0.39 is 10.0 Å². The number of methoxy groups -OCH3 is 1. The molecule has 0 spiro atoms. The first kappa shape index (κ1) is 17.0. The van der Waals surface area contributed by atoms with Gasteiger partial charge in [-0.2, -0.15) is 0 Å². The van der Waals surface area contributed by atoms with Gasteiger partial charge in [-0.3, -0.25) is 0 Å². The van der Waals surface area contributed by atoms with E-state index in [2.05, 4.69) is 16.6 Å². The first-order valence-corrected chi connectivity index (χ1v) is 7.84. The van der Waals surface area contributed by atoms with E-state index in [1.165, 1.54) is 12.1 Å². The Balaban J connectivity index is 2.85. The Labute approximate surface area is 124 Å². The number of nitrogens with one attached hydrogen (secondary N) is 1. The van der Waals surface area contributed by atoms with Crippen LogP contribution < -0.4 is 10.5 Å². The van der Waals surface area contributed by atoms with Crippen molar-refractivity contribution in [3.05, 3.63) is 28.8 Å². The molecule has 110 valence electrons. The minimum atomic E-state index is -3.62. The van der Waals surface area contributed by atoms with Gasteiger partial charge in [0, 0.05) is 25.8 Å². The summed E-state index contributed by atoms with van der Waals surface area (Å²) in [4.78, 5) is 0.0369. The minimum absolute atomic E-state index is 0.0369. The molecular formula is C13H17ClN2O3S. The Morgan fingerprint density at radius 1 is 1.45 bits per heavy atom. The smallest absolute Gasteiger partial charge is 0.242 e. The van der Waals surface area contributed by atoms with Gasteiger partial charge in [-0.1, -0.05) is 23.4 Å². The molecule has 20 heavy (non-hydrogen) atoms. The third kappa shape index (κ3) is 5.12. The van der Waals surface area contributed by atoms with Gasteiger partial charge in [0.05, 0.1) is 11.6 Å².